The molecule has 0 aliphatic rings. The molecule has 122 valence electrons. The Hall–Kier alpha value is -2.86. The second kappa shape index (κ2) is 6.72. The summed E-state index contributed by atoms with van der Waals surface area (Å²) in [4.78, 5) is 12.5. The predicted molar refractivity (Wildman–Crippen MR) is 92.1 cm³/mol. The molecule has 3 rings (SSSR count). The lowest BCUT2D eigenvalue weighted by molar-refractivity contribution is 0.102. The average Bonchev–Trinajstić information content (AvgIpc) is 2.97. The van der Waals surface area contributed by atoms with Gasteiger partial charge in [-0.15, -0.1) is 5.10 Å². The van der Waals surface area contributed by atoms with Crippen molar-refractivity contribution in [3.63, 3.8) is 0 Å². The number of hydrogen-bond donors (Lipinski definition) is 1. The number of hydrogen-bond acceptors (Lipinski definition) is 4. The summed E-state index contributed by atoms with van der Waals surface area (Å²) in [6, 6.07) is 14.3. The Balaban J connectivity index is 1.89. The number of nitrogens with one attached hydrogen (secondary N) is 1. The van der Waals surface area contributed by atoms with Crippen LogP contribution in [-0.4, -0.2) is 28.0 Å². The van der Waals surface area contributed by atoms with Crippen LogP contribution in [0.2, 0.25) is 5.02 Å². The summed E-state index contributed by atoms with van der Waals surface area (Å²) >= 11 is 6.00. The summed E-state index contributed by atoms with van der Waals surface area (Å²) in [7, 11) is 1.55. The Morgan fingerprint density at radius 2 is 2.00 bits per heavy atom. The lowest BCUT2D eigenvalue weighted by atomic mass is 10.2. The molecule has 3 aromatic rings. The summed E-state index contributed by atoms with van der Waals surface area (Å²) in [5.41, 5.74) is 2.16. The van der Waals surface area contributed by atoms with E-state index in [4.69, 9.17) is 16.3 Å². The number of methoxy groups -OCH3 is 1. The van der Waals surface area contributed by atoms with Gasteiger partial charge in [0, 0.05) is 5.02 Å². The topological polar surface area (TPSA) is 69.0 Å². The predicted octanol–water partition coefficient (Wildman–Crippen LogP) is 3.49. The highest BCUT2D eigenvalue weighted by molar-refractivity contribution is 6.30. The van der Waals surface area contributed by atoms with Crippen LogP contribution in [0.1, 0.15) is 16.2 Å². The Labute approximate surface area is 144 Å². The van der Waals surface area contributed by atoms with Crippen molar-refractivity contribution in [2.75, 3.05) is 12.4 Å². The van der Waals surface area contributed by atoms with Crippen molar-refractivity contribution in [2.24, 2.45) is 0 Å². The fraction of sp³-hybridized carbons (Fsp3) is 0.118. The molecule has 0 fully saturated rings. The van der Waals surface area contributed by atoms with E-state index in [1.54, 1.807) is 43.0 Å². The van der Waals surface area contributed by atoms with Crippen molar-refractivity contribution >= 4 is 23.2 Å². The van der Waals surface area contributed by atoms with Gasteiger partial charge in [0.05, 0.1) is 24.2 Å². The molecule has 0 bridgehead atoms. The van der Waals surface area contributed by atoms with Gasteiger partial charge >= 0.3 is 0 Å². The highest BCUT2D eigenvalue weighted by Crippen LogP contribution is 2.24. The van der Waals surface area contributed by atoms with Gasteiger partial charge in [-0.2, -0.15) is 0 Å². The molecule has 0 saturated heterocycles. The van der Waals surface area contributed by atoms with E-state index in [-0.39, 0.29) is 11.6 Å². The van der Waals surface area contributed by atoms with Gasteiger partial charge in [-0.25, -0.2) is 4.68 Å². The minimum Gasteiger partial charge on any atom is -0.495 e. The molecule has 7 heteroatoms. The third-order valence-electron chi connectivity index (χ3n) is 3.52. The molecule has 0 aliphatic heterocycles. The number of carbonyl (C=O) groups is 1. The van der Waals surface area contributed by atoms with Gasteiger partial charge in [-0.3, -0.25) is 4.79 Å². The number of para-hydroxylation sites is 2. The molecule has 1 aromatic heterocycles. The van der Waals surface area contributed by atoms with E-state index in [0.717, 1.165) is 5.69 Å². The first-order chi connectivity index (χ1) is 11.6. The average molecular weight is 343 g/mol. The molecule has 0 aliphatic carbocycles. The maximum atomic E-state index is 12.5. The molecule has 2 aromatic carbocycles. The van der Waals surface area contributed by atoms with Crippen molar-refractivity contribution in [3.8, 4) is 11.4 Å². The van der Waals surface area contributed by atoms with Gasteiger partial charge in [0.1, 0.15) is 5.75 Å². The molecule has 1 heterocycles. The van der Waals surface area contributed by atoms with Gasteiger partial charge in [0.15, 0.2) is 5.69 Å². The summed E-state index contributed by atoms with van der Waals surface area (Å²) in [6.07, 6.45) is 0. The molecule has 0 saturated carbocycles. The normalized spacial score (nSPS) is 10.5. The second-order valence-corrected chi connectivity index (χ2v) is 5.51. The van der Waals surface area contributed by atoms with Gasteiger partial charge < -0.3 is 10.1 Å². The van der Waals surface area contributed by atoms with Crippen molar-refractivity contribution in [1.29, 1.82) is 0 Å². The highest BCUT2D eigenvalue weighted by Gasteiger charge is 2.18. The van der Waals surface area contributed by atoms with E-state index in [2.05, 4.69) is 15.6 Å². The lowest BCUT2D eigenvalue weighted by Gasteiger charge is -2.09. The minimum absolute atomic E-state index is 0.237. The number of rotatable bonds is 4. The van der Waals surface area contributed by atoms with E-state index in [1.165, 1.54) is 0 Å². The molecule has 0 spiro atoms. The first-order valence-corrected chi connectivity index (χ1v) is 7.60. The number of halogens is 1. The van der Waals surface area contributed by atoms with Crippen molar-refractivity contribution in [1.82, 2.24) is 15.0 Å². The smallest absolute Gasteiger partial charge is 0.278 e. The Kier molecular flexibility index (Phi) is 4.48. The molecule has 1 amide bonds. The van der Waals surface area contributed by atoms with Crippen molar-refractivity contribution in [2.45, 2.75) is 6.92 Å². The second-order valence-electron chi connectivity index (χ2n) is 5.07. The number of anilines is 1. The fourth-order valence-corrected chi connectivity index (χ4v) is 2.51. The Bertz CT molecular complexity index is 892. The monoisotopic (exact) mass is 342 g/mol. The zero-order valence-corrected chi connectivity index (χ0v) is 13.9. The van der Waals surface area contributed by atoms with Crippen LogP contribution in [0.3, 0.4) is 0 Å². The molecule has 1 N–H and O–H groups in total. The van der Waals surface area contributed by atoms with Crippen LogP contribution in [0.4, 0.5) is 5.69 Å². The maximum Gasteiger partial charge on any atom is 0.278 e. The molecule has 0 atom stereocenters. The first-order valence-electron chi connectivity index (χ1n) is 7.23. The van der Waals surface area contributed by atoms with Gasteiger partial charge in [-0.1, -0.05) is 35.0 Å². The van der Waals surface area contributed by atoms with Crippen LogP contribution in [-0.2, 0) is 0 Å². The summed E-state index contributed by atoms with van der Waals surface area (Å²) in [5, 5.41) is 11.4. The maximum absolute atomic E-state index is 12.5. The standard InChI is InChI=1S/C17H15ClN4O2/c1-11-16(17(23)19-14-8-3-4-9-15(14)24-2)20-21-22(11)13-7-5-6-12(18)10-13/h3-10H,1-2H3,(H,19,23). The summed E-state index contributed by atoms with van der Waals surface area (Å²) in [6.45, 7) is 1.78. The van der Waals surface area contributed by atoms with Crippen molar-refractivity contribution in [3.05, 3.63) is 64.9 Å². The largest absolute Gasteiger partial charge is 0.495 e. The number of carbonyl (C=O) groups excluding carboxylic acids is 1. The number of amides is 1. The zero-order chi connectivity index (χ0) is 17.1. The molecule has 0 unspecified atom stereocenters. The molecular formula is C17H15ClN4O2. The van der Waals surface area contributed by atoms with Gasteiger partial charge in [-0.05, 0) is 37.3 Å². The minimum atomic E-state index is -0.356. The van der Waals surface area contributed by atoms with Crippen LogP contribution in [0.25, 0.3) is 5.69 Å². The summed E-state index contributed by atoms with van der Waals surface area (Å²) < 4.78 is 6.80. The van der Waals surface area contributed by atoms with E-state index in [1.807, 2.05) is 24.3 Å². The number of aromatic nitrogens is 3. The van der Waals surface area contributed by atoms with Crippen LogP contribution in [0.15, 0.2) is 48.5 Å². The van der Waals surface area contributed by atoms with E-state index in [9.17, 15) is 4.79 Å². The van der Waals surface area contributed by atoms with E-state index >= 15 is 0 Å². The van der Waals surface area contributed by atoms with Crippen LogP contribution < -0.4 is 10.1 Å². The zero-order valence-electron chi connectivity index (χ0n) is 13.2. The molecule has 6 nitrogen and oxygen atoms in total. The third-order valence-corrected chi connectivity index (χ3v) is 3.75. The quantitative estimate of drug-likeness (QED) is 0.788. The van der Waals surface area contributed by atoms with Gasteiger partial charge in [0.2, 0.25) is 0 Å². The molecule has 24 heavy (non-hydrogen) atoms. The number of ether oxygens (including phenoxy) is 1. The number of nitrogens with zero attached hydrogens (tertiary/aromatic N) is 3. The van der Waals surface area contributed by atoms with E-state index < -0.39 is 0 Å². The Morgan fingerprint density at radius 3 is 2.75 bits per heavy atom. The third kappa shape index (κ3) is 3.09. The first kappa shape index (κ1) is 16.0. The molecule has 0 radical (unpaired) electrons. The SMILES string of the molecule is COc1ccccc1NC(=O)c1nnn(-c2cccc(Cl)c2)c1C. The Morgan fingerprint density at radius 1 is 1.21 bits per heavy atom. The lowest BCUT2D eigenvalue weighted by Crippen LogP contribution is -2.14. The van der Waals surface area contributed by atoms with E-state index in [0.29, 0.717) is 22.2 Å². The fourth-order valence-electron chi connectivity index (χ4n) is 2.32. The van der Waals surface area contributed by atoms with Crippen LogP contribution in [0, 0.1) is 6.92 Å². The van der Waals surface area contributed by atoms with Crippen LogP contribution in [0.5, 0.6) is 5.75 Å². The highest BCUT2D eigenvalue weighted by atomic mass is 35.5. The van der Waals surface area contributed by atoms with Gasteiger partial charge in [0.25, 0.3) is 5.91 Å². The number of benzene rings is 2. The van der Waals surface area contributed by atoms with Crippen LogP contribution >= 0.6 is 11.6 Å². The molecular weight excluding hydrogens is 328 g/mol. The van der Waals surface area contributed by atoms with Crippen molar-refractivity contribution < 1.29 is 9.53 Å². The summed E-state index contributed by atoms with van der Waals surface area (Å²) in [5.74, 6) is 0.219.